The second kappa shape index (κ2) is 14.1. The summed E-state index contributed by atoms with van der Waals surface area (Å²) in [7, 11) is 0. The van der Waals surface area contributed by atoms with Crippen molar-refractivity contribution in [1.29, 1.82) is 0 Å². The first-order chi connectivity index (χ1) is 21.1. The highest BCUT2D eigenvalue weighted by molar-refractivity contribution is 5.89. The molecule has 0 unspecified atom stereocenters. The topological polar surface area (TPSA) is 61.8 Å². The van der Waals surface area contributed by atoms with E-state index in [1.807, 2.05) is 30.3 Å². The Bertz CT molecular complexity index is 1240. The average molecular weight is 603 g/mol. The van der Waals surface area contributed by atoms with Crippen molar-refractivity contribution in [3.8, 4) is 11.8 Å². The second-order valence-corrected chi connectivity index (χ2v) is 15.1. The van der Waals surface area contributed by atoms with Crippen molar-refractivity contribution in [3.05, 3.63) is 47.5 Å². The lowest BCUT2D eigenvalue weighted by molar-refractivity contribution is -0.138. The lowest BCUT2D eigenvalue weighted by atomic mass is 9.47. The van der Waals surface area contributed by atoms with Crippen LogP contribution in [-0.4, -0.2) is 31.4 Å². The third-order valence-corrected chi connectivity index (χ3v) is 12.1. The van der Waals surface area contributed by atoms with Gasteiger partial charge in [-0.2, -0.15) is 0 Å². The maximum atomic E-state index is 12.4. The third-order valence-electron chi connectivity index (χ3n) is 12.1. The maximum Gasteiger partial charge on any atom is 0.508 e. The van der Waals surface area contributed by atoms with Crippen LogP contribution in [0.25, 0.3) is 0 Å². The van der Waals surface area contributed by atoms with E-state index in [1.54, 1.807) is 0 Å². The minimum atomic E-state index is -0.688. The van der Waals surface area contributed by atoms with Gasteiger partial charge in [-0.25, -0.2) is 9.59 Å². The largest absolute Gasteiger partial charge is 0.508 e. The molecule has 5 heteroatoms. The molecule has 0 spiro atoms. The van der Waals surface area contributed by atoms with Crippen LogP contribution in [0, 0.1) is 58.2 Å². The van der Waals surface area contributed by atoms with Gasteiger partial charge >= 0.3 is 12.1 Å². The quantitative estimate of drug-likeness (QED) is 0.122. The van der Waals surface area contributed by atoms with Crippen molar-refractivity contribution in [3.63, 3.8) is 0 Å². The Kier molecular flexibility index (Phi) is 10.5. The lowest BCUT2D eigenvalue weighted by Crippen LogP contribution is -2.51. The molecule has 4 aliphatic rings. The number of benzene rings is 1. The molecule has 3 saturated carbocycles. The molecule has 0 aliphatic heterocycles. The normalized spacial score (nSPS) is 33.0. The van der Waals surface area contributed by atoms with Gasteiger partial charge in [0.25, 0.3) is 0 Å². The molecule has 44 heavy (non-hydrogen) atoms. The number of rotatable bonds is 9. The van der Waals surface area contributed by atoms with Crippen LogP contribution in [0.3, 0.4) is 0 Å². The van der Waals surface area contributed by atoms with E-state index in [0.29, 0.717) is 5.41 Å². The molecule has 0 saturated heterocycles. The first kappa shape index (κ1) is 32.6. The molecule has 0 bridgehead atoms. The van der Waals surface area contributed by atoms with Gasteiger partial charge in [-0.1, -0.05) is 89.6 Å². The van der Waals surface area contributed by atoms with Crippen LogP contribution >= 0.6 is 0 Å². The number of hydrogen-bond donors (Lipinski definition) is 0. The van der Waals surface area contributed by atoms with Gasteiger partial charge in [0.1, 0.15) is 19.3 Å². The molecule has 0 aromatic heterocycles. The number of esters is 1. The number of hydrogen-bond acceptors (Lipinski definition) is 5. The van der Waals surface area contributed by atoms with Crippen molar-refractivity contribution in [1.82, 2.24) is 0 Å². The minimum absolute atomic E-state index is 0.0496. The summed E-state index contributed by atoms with van der Waals surface area (Å²) in [4.78, 5) is 24.3. The SMILES string of the molecule is CC(C)CCC[C@@H](C)[C@H]1CC[C@H]2[C@@H]3CC=C4C[C@@H](OC(=O)OCCOC(=O)C#Cc5ccccc5)CC[C@]4(C)[C@H]3CC[C@]12C. The van der Waals surface area contributed by atoms with E-state index in [9.17, 15) is 9.59 Å². The molecule has 4 aliphatic carbocycles. The summed E-state index contributed by atoms with van der Waals surface area (Å²) in [6.45, 7) is 12.3. The summed E-state index contributed by atoms with van der Waals surface area (Å²) in [5, 5.41) is 0. The Morgan fingerprint density at radius 1 is 0.932 bits per heavy atom. The fourth-order valence-electron chi connectivity index (χ4n) is 9.86. The smallest absolute Gasteiger partial charge is 0.452 e. The van der Waals surface area contributed by atoms with Gasteiger partial charge in [0.15, 0.2) is 0 Å². The van der Waals surface area contributed by atoms with E-state index in [2.05, 4.69) is 52.5 Å². The van der Waals surface area contributed by atoms with E-state index >= 15 is 0 Å². The molecular formula is C39H54O5. The number of carbonyl (C=O) groups excluding carboxylic acids is 2. The van der Waals surface area contributed by atoms with Gasteiger partial charge in [0.2, 0.25) is 0 Å². The predicted octanol–water partition coefficient (Wildman–Crippen LogP) is 9.14. The molecule has 0 radical (unpaired) electrons. The van der Waals surface area contributed by atoms with Crippen LogP contribution in [0.4, 0.5) is 4.79 Å². The van der Waals surface area contributed by atoms with Crippen LogP contribution in [0.5, 0.6) is 0 Å². The standard InChI is InChI=1S/C39H54O5/c1-27(2)10-9-11-28(3)33-17-18-34-32-16-15-30-26-31(20-22-38(30,4)35(32)21-23-39(33,34)5)44-37(41)43-25-24-42-36(40)19-14-29-12-7-6-8-13-29/h6-8,12-13,15,27-28,31-35H,9-11,16-18,20-26H2,1-5H3/t28-,31+,32+,33-,34+,35+,38+,39-/m1/s1. The predicted molar refractivity (Wildman–Crippen MR) is 174 cm³/mol. The Balaban J connectivity index is 1.09. The van der Waals surface area contributed by atoms with Gasteiger partial charge in [0, 0.05) is 17.9 Å². The minimum Gasteiger partial charge on any atom is -0.452 e. The van der Waals surface area contributed by atoms with Crippen LogP contribution in [0.15, 0.2) is 42.0 Å². The first-order valence-electron chi connectivity index (χ1n) is 17.4. The van der Waals surface area contributed by atoms with Gasteiger partial charge in [0.05, 0.1) is 0 Å². The lowest BCUT2D eigenvalue weighted by Gasteiger charge is -2.58. The summed E-state index contributed by atoms with van der Waals surface area (Å²) in [6, 6.07) is 9.24. The number of allylic oxidation sites excluding steroid dienone is 1. The molecular weight excluding hydrogens is 548 g/mol. The summed E-state index contributed by atoms with van der Waals surface area (Å²) < 4.78 is 16.0. The first-order valence-corrected chi connectivity index (χ1v) is 17.4. The Morgan fingerprint density at radius 3 is 2.48 bits per heavy atom. The van der Waals surface area contributed by atoms with Gasteiger partial charge in [-0.15, -0.1) is 0 Å². The monoisotopic (exact) mass is 602 g/mol. The highest BCUT2D eigenvalue weighted by Gasteiger charge is 2.59. The molecule has 1 aromatic rings. The zero-order chi connectivity index (χ0) is 31.3. The fourth-order valence-corrected chi connectivity index (χ4v) is 9.86. The Morgan fingerprint density at radius 2 is 1.70 bits per heavy atom. The maximum absolute atomic E-state index is 12.4. The molecule has 1 aromatic carbocycles. The highest BCUT2D eigenvalue weighted by Crippen LogP contribution is 2.67. The summed E-state index contributed by atoms with van der Waals surface area (Å²) >= 11 is 0. The van der Waals surface area contributed by atoms with E-state index < -0.39 is 12.1 Å². The summed E-state index contributed by atoms with van der Waals surface area (Å²) in [6.07, 6.45) is 15.2. The molecule has 5 rings (SSSR count). The third kappa shape index (κ3) is 7.21. The van der Waals surface area contributed by atoms with Gasteiger partial charge in [-0.3, -0.25) is 0 Å². The van der Waals surface area contributed by atoms with Crippen molar-refractivity contribution in [2.24, 2.45) is 46.3 Å². The Labute approximate surface area is 265 Å². The zero-order valence-electron chi connectivity index (χ0n) is 27.7. The van der Waals surface area contributed by atoms with E-state index in [0.717, 1.165) is 60.3 Å². The van der Waals surface area contributed by atoms with Crippen molar-refractivity contribution >= 4 is 12.1 Å². The average Bonchev–Trinajstić information content (AvgIpc) is 3.36. The van der Waals surface area contributed by atoms with Crippen LogP contribution < -0.4 is 0 Å². The number of ether oxygens (including phenoxy) is 3. The van der Waals surface area contributed by atoms with Gasteiger partial charge in [-0.05, 0) is 103 Å². The molecule has 240 valence electrons. The Hall–Kier alpha value is -2.74. The number of fused-ring (bicyclic) bond motifs is 5. The molecule has 3 fully saturated rings. The van der Waals surface area contributed by atoms with Crippen molar-refractivity contribution in [2.45, 2.75) is 111 Å². The van der Waals surface area contributed by atoms with Crippen LogP contribution in [-0.2, 0) is 19.0 Å². The number of carbonyl (C=O) groups is 2. The summed E-state index contributed by atoms with van der Waals surface area (Å²) in [5.41, 5.74) is 2.94. The molecule has 0 heterocycles. The van der Waals surface area contributed by atoms with Gasteiger partial charge < -0.3 is 14.2 Å². The molecule has 0 N–H and O–H groups in total. The van der Waals surface area contributed by atoms with Crippen LogP contribution in [0.2, 0.25) is 0 Å². The second-order valence-electron chi connectivity index (χ2n) is 15.1. The highest BCUT2D eigenvalue weighted by atomic mass is 16.7. The summed E-state index contributed by atoms with van der Waals surface area (Å²) in [5.74, 6) is 9.44. The molecule has 0 amide bonds. The van der Waals surface area contributed by atoms with Crippen LogP contribution in [0.1, 0.15) is 111 Å². The fraction of sp³-hybridized carbons (Fsp3) is 0.692. The zero-order valence-corrected chi connectivity index (χ0v) is 27.7. The molecule has 5 nitrogen and oxygen atoms in total. The van der Waals surface area contributed by atoms with E-state index in [4.69, 9.17) is 14.2 Å². The van der Waals surface area contributed by atoms with E-state index in [-0.39, 0.29) is 24.7 Å². The molecule has 8 atom stereocenters. The van der Waals surface area contributed by atoms with Crippen molar-refractivity contribution < 1.29 is 23.8 Å². The van der Waals surface area contributed by atoms with E-state index in [1.165, 1.54) is 56.9 Å². The van der Waals surface area contributed by atoms with Crippen molar-refractivity contribution in [2.75, 3.05) is 13.2 Å².